The number of benzene rings is 1. The van der Waals surface area contributed by atoms with E-state index >= 15 is 0 Å². The Morgan fingerprint density at radius 2 is 1.97 bits per heavy atom. The Labute approximate surface area is 210 Å². The van der Waals surface area contributed by atoms with Crippen molar-refractivity contribution in [1.29, 1.82) is 0 Å². The maximum Gasteiger partial charge on any atom is 0.331 e. The van der Waals surface area contributed by atoms with E-state index in [0.717, 1.165) is 24.3 Å². The molecule has 1 aliphatic heterocycles. The number of ether oxygens (including phenoxy) is 5. The first-order chi connectivity index (χ1) is 16.7. The second-order valence-electron chi connectivity index (χ2n) is 9.97. The molecule has 194 valence electrons. The summed E-state index contributed by atoms with van der Waals surface area (Å²) in [5.74, 6) is 0.418. The van der Waals surface area contributed by atoms with E-state index in [1.165, 1.54) is 11.6 Å². The first kappa shape index (κ1) is 27.4. The van der Waals surface area contributed by atoms with Crippen LogP contribution in [0.5, 0.6) is 5.75 Å². The number of likely N-dealkylation sites (N-methyl/N-ethyl adjacent to an activating group) is 1. The lowest BCUT2D eigenvalue weighted by atomic mass is 9.73. The quantitative estimate of drug-likeness (QED) is 0.190. The van der Waals surface area contributed by atoms with Crippen LogP contribution < -0.4 is 4.74 Å². The van der Waals surface area contributed by atoms with Crippen LogP contribution in [0, 0.1) is 5.92 Å². The van der Waals surface area contributed by atoms with Gasteiger partial charge in [0.2, 0.25) is 0 Å². The molecular formula is C28H41NO6. The molecule has 35 heavy (non-hydrogen) atoms. The van der Waals surface area contributed by atoms with E-state index in [1.807, 2.05) is 38.4 Å². The lowest BCUT2D eigenvalue weighted by molar-refractivity contribution is -0.172. The Hall–Kier alpha value is -2.19. The molecule has 7 nitrogen and oxygen atoms in total. The molecule has 1 saturated carbocycles. The zero-order valence-corrected chi connectivity index (χ0v) is 22.0. The average molecular weight is 488 g/mol. The second kappa shape index (κ2) is 12.7. The highest BCUT2D eigenvalue weighted by Crippen LogP contribution is 2.49. The van der Waals surface area contributed by atoms with Gasteiger partial charge in [-0.2, -0.15) is 0 Å². The minimum absolute atomic E-state index is 0.00590. The Morgan fingerprint density at radius 3 is 2.57 bits per heavy atom. The number of esters is 1. The summed E-state index contributed by atoms with van der Waals surface area (Å²) in [7, 11) is 5.69. The molecule has 0 N–H and O–H groups in total. The van der Waals surface area contributed by atoms with Crippen LogP contribution in [-0.4, -0.2) is 82.4 Å². The van der Waals surface area contributed by atoms with Crippen LogP contribution in [-0.2, 0) is 23.7 Å². The van der Waals surface area contributed by atoms with Crippen molar-refractivity contribution in [3.05, 3.63) is 47.6 Å². The van der Waals surface area contributed by atoms with Crippen LogP contribution in [0.25, 0.3) is 6.08 Å². The standard InChI is InChI=1S/C28H41NO6/c1-20(2)14-17-32-21(3)26-27(31-6)24(13-15-28(26)19-34-28)35-25(30)12-9-22-7-10-23(11-8-22)33-18-16-29(4)5/h7-12,14,21,24,26-27H,13,15-19H2,1-6H3/b12-9+/t21-,24?,26?,27?,28-/m0/s1. The fourth-order valence-corrected chi connectivity index (χ4v) is 4.64. The molecule has 0 bridgehead atoms. The van der Waals surface area contributed by atoms with Crippen LogP contribution in [0.3, 0.4) is 0 Å². The van der Waals surface area contributed by atoms with Crippen molar-refractivity contribution < 1.29 is 28.5 Å². The molecule has 5 atom stereocenters. The van der Waals surface area contributed by atoms with Gasteiger partial charge >= 0.3 is 5.97 Å². The number of rotatable bonds is 12. The van der Waals surface area contributed by atoms with Crippen molar-refractivity contribution in [3.63, 3.8) is 0 Å². The molecule has 3 unspecified atom stereocenters. The second-order valence-corrected chi connectivity index (χ2v) is 9.97. The van der Waals surface area contributed by atoms with Gasteiger partial charge in [0.25, 0.3) is 0 Å². The molecule has 3 rings (SSSR count). The van der Waals surface area contributed by atoms with E-state index in [0.29, 0.717) is 26.2 Å². The molecule has 1 saturated heterocycles. The summed E-state index contributed by atoms with van der Waals surface area (Å²) in [6.45, 7) is 8.87. The highest BCUT2D eigenvalue weighted by atomic mass is 16.6. The Morgan fingerprint density at radius 1 is 1.26 bits per heavy atom. The van der Waals surface area contributed by atoms with Gasteiger partial charge in [0.1, 0.15) is 24.6 Å². The van der Waals surface area contributed by atoms with Crippen molar-refractivity contribution in [2.45, 2.75) is 57.5 Å². The van der Waals surface area contributed by atoms with Gasteiger partial charge < -0.3 is 28.6 Å². The maximum absolute atomic E-state index is 12.7. The maximum atomic E-state index is 12.7. The summed E-state index contributed by atoms with van der Waals surface area (Å²) < 4.78 is 29.4. The van der Waals surface area contributed by atoms with Gasteiger partial charge in [0, 0.05) is 25.6 Å². The third-order valence-corrected chi connectivity index (χ3v) is 6.69. The van der Waals surface area contributed by atoms with Crippen molar-refractivity contribution in [3.8, 4) is 5.75 Å². The monoisotopic (exact) mass is 487 g/mol. The van der Waals surface area contributed by atoms with E-state index in [1.54, 1.807) is 13.2 Å². The highest BCUT2D eigenvalue weighted by Gasteiger charge is 2.61. The molecule has 0 amide bonds. The van der Waals surface area contributed by atoms with Gasteiger partial charge in [0.05, 0.1) is 24.9 Å². The molecule has 0 aromatic heterocycles. The minimum Gasteiger partial charge on any atom is -0.492 e. The fourth-order valence-electron chi connectivity index (χ4n) is 4.64. The van der Waals surface area contributed by atoms with Crippen molar-refractivity contribution in [2.75, 3.05) is 47.6 Å². The first-order valence-electron chi connectivity index (χ1n) is 12.4. The summed E-state index contributed by atoms with van der Waals surface area (Å²) in [5, 5.41) is 0. The number of nitrogens with zero attached hydrogens (tertiary/aromatic N) is 1. The SMILES string of the molecule is COC1C(OC(=O)/C=C/c2ccc(OCCN(C)C)cc2)CC[C@]2(CO2)C1[C@H](C)OCC=C(C)C. The highest BCUT2D eigenvalue weighted by molar-refractivity contribution is 5.87. The summed E-state index contributed by atoms with van der Waals surface area (Å²) in [4.78, 5) is 14.7. The molecule has 1 aliphatic carbocycles. The van der Waals surface area contributed by atoms with Gasteiger partial charge in [-0.3, -0.25) is 0 Å². The van der Waals surface area contributed by atoms with Crippen molar-refractivity contribution in [1.82, 2.24) is 4.90 Å². The van der Waals surface area contributed by atoms with Gasteiger partial charge in [-0.25, -0.2) is 4.79 Å². The molecule has 2 aliphatic rings. The van der Waals surface area contributed by atoms with Gasteiger partial charge in [0.15, 0.2) is 0 Å². The first-order valence-corrected chi connectivity index (χ1v) is 12.4. The Bertz CT molecular complexity index is 870. The molecule has 7 heteroatoms. The number of hydrogen-bond donors (Lipinski definition) is 0. The molecule has 1 spiro atoms. The van der Waals surface area contributed by atoms with E-state index in [9.17, 15) is 4.79 Å². The van der Waals surface area contributed by atoms with Crippen molar-refractivity contribution in [2.24, 2.45) is 5.92 Å². The Kier molecular flexibility index (Phi) is 9.92. The summed E-state index contributed by atoms with van der Waals surface area (Å²) in [6, 6.07) is 7.64. The molecule has 1 aromatic carbocycles. The van der Waals surface area contributed by atoms with Crippen LogP contribution in [0.4, 0.5) is 0 Å². The molecular weight excluding hydrogens is 446 g/mol. The lowest BCUT2D eigenvalue weighted by Gasteiger charge is -2.42. The number of carbonyl (C=O) groups excluding carboxylic acids is 1. The lowest BCUT2D eigenvalue weighted by Crippen LogP contribution is -2.54. The van der Waals surface area contributed by atoms with Gasteiger partial charge in [-0.1, -0.05) is 23.8 Å². The predicted molar refractivity (Wildman–Crippen MR) is 136 cm³/mol. The summed E-state index contributed by atoms with van der Waals surface area (Å²) in [5.41, 5.74) is 1.88. The average Bonchev–Trinajstić information content (AvgIpc) is 3.58. The largest absolute Gasteiger partial charge is 0.492 e. The third-order valence-electron chi connectivity index (χ3n) is 6.69. The van der Waals surface area contributed by atoms with Crippen LogP contribution in [0.15, 0.2) is 42.0 Å². The number of allylic oxidation sites excluding steroid dienone is 1. The normalized spacial score (nSPS) is 26.7. The molecule has 2 fully saturated rings. The number of hydrogen-bond acceptors (Lipinski definition) is 7. The Balaban J connectivity index is 1.57. The molecule has 1 heterocycles. The van der Waals surface area contributed by atoms with E-state index < -0.39 is 0 Å². The molecule has 0 radical (unpaired) electrons. The van der Waals surface area contributed by atoms with Crippen LogP contribution in [0.1, 0.15) is 39.2 Å². The zero-order chi connectivity index (χ0) is 25.4. The van der Waals surface area contributed by atoms with Crippen molar-refractivity contribution >= 4 is 12.0 Å². The topological polar surface area (TPSA) is 69.8 Å². The minimum atomic E-state index is -0.382. The fraction of sp³-hybridized carbons (Fsp3) is 0.607. The van der Waals surface area contributed by atoms with Crippen LogP contribution in [0.2, 0.25) is 0 Å². The molecule has 1 aromatic rings. The van der Waals surface area contributed by atoms with Crippen LogP contribution >= 0.6 is 0 Å². The smallest absolute Gasteiger partial charge is 0.331 e. The van der Waals surface area contributed by atoms with E-state index in [2.05, 4.69) is 31.7 Å². The third kappa shape index (κ3) is 7.90. The number of methoxy groups -OCH3 is 1. The van der Waals surface area contributed by atoms with Gasteiger partial charge in [-0.15, -0.1) is 0 Å². The summed E-state index contributed by atoms with van der Waals surface area (Å²) in [6.07, 6.45) is 6.09. The van der Waals surface area contributed by atoms with E-state index in [-0.39, 0.29) is 35.8 Å². The zero-order valence-electron chi connectivity index (χ0n) is 22.0. The van der Waals surface area contributed by atoms with Gasteiger partial charge in [-0.05, 0) is 71.5 Å². The number of epoxide rings is 1. The predicted octanol–water partition coefficient (Wildman–Crippen LogP) is 4.12. The summed E-state index contributed by atoms with van der Waals surface area (Å²) >= 11 is 0. The van der Waals surface area contributed by atoms with E-state index in [4.69, 9.17) is 23.7 Å². The number of carbonyl (C=O) groups is 1.